The van der Waals surface area contributed by atoms with Gasteiger partial charge in [0.25, 0.3) is 0 Å². The van der Waals surface area contributed by atoms with Crippen LogP contribution in [0.25, 0.3) is 11.0 Å². The quantitative estimate of drug-likeness (QED) is 0.215. The molecule has 3 aromatic rings. The largest absolute Gasteiger partial charge is 0.357 e. The maximum atomic E-state index is 12.9. The molecule has 5 nitrogen and oxygen atoms in total. The van der Waals surface area contributed by atoms with Crippen molar-refractivity contribution in [3.05, 3.63) is 66.2 Å². The van der Waals surface area contributed by atoms with Gasteiger partial charge in [-0.05, 0) is 49.6 Å². The van der Waals surface area contributed by atoms with Gasteiger partial charge < -0.3 is 15.2 Å². The number of halogens is 2. The number of aliphatic imine (C=N–C) groups is 1. The molecule has 0 unspecified atom stereocenters. The normalized spacial score (nSPS) is 11.3. The topological polar surface area (TPSA) is 54.2 Å². The van der Waals surface area contributed by atoms with Gasteiger partial charge in [0.2, 0.25) is 0 Å². The number of nitrogens with zero attached hydrogens (tertiary/aromatic N) is 3. The molecule has 0 aliphatic carbocycles. The van der Waals surface area contributed by atoms with Crippen molar-refractivity contribution < 1.29 is 4.39 Å². The first-order chi connectivity index (χ1) is 13.3. The standard InChI is InChI=1S/C21H26FN5.HI/c1-2-23-21(25-14-12-17-8-10-18(22)11-9-17)24-13-5-15-27-16-26-19-6-3-4-7-20(19)27;/h3-4,6-11,16H,2,5,12-15H2,1H3,(H2,23,24,25);1H. The number of imidazole rings is 1. The molecule has 0 aliphatic rings. The minimum Gasteiger partial charge on any atom is -0.357 e. The molecule has 0 radical (unpaired) electrons. The summed E-state index contributed by atoms with van der Waals surface area (Å²) in [4.78, 5) is 9.05. The molecule has 1 aromatic heterocycles. The summed E-state index contributed by atoms with van der Waals surface area (Å²) >= 11 is 0. The molecule has 7 heteroatoms. The lowest BCUT2D eigenvalue weighted by molar-refractivity contribution is 0.626. The van der Waals surface area contributed by atoms with E-state index in [1.165, 1.54) is 12.1 Å². The number of fused-ring (bicyclic) bond motifs is 1. The van der Waals surface area contributed by atoms with E-state index >= 15 is 0 Å². The maximum Gasteiger partial charge on any atom is 0.191 e. The van der Waals surface area contributed by atoms with Crippen molar-refractivity contribution in [2.45, 2.75) is 26.3 Å². The van der Waals surface area contributed by atoms with E-state index < -0.39 is 0 Å². The van der Waals surface area contributed by atoms with E-state index in [9.17, 15) is 4.39 Å². The van der Waals surface area contributed by atoms with Crippen LogP contribution in [0.3, 0.4) is 0 Å². The first-order valence-corrected chi connectivity index (χ1v) is 9.43. The van der Waals surface area contributed by atoms with Crippen molar-refractivity contribution in [2.24, 2.45) is 4.99 Å². The van der Waals surface area contributed by atoms with Crippen LogP contribution in [0.1, 0.15) is 18.9 Å². The van der Waals surface area contributed by atoms with Crippen LogP contribution in [0, 0.1) is 5.82 Å². The fraction of sp³-hybridized carbons (Fsp3) is 0.333. The summed E-state index contributed by atoms with van der Waals surface area (Å²) in [5.74, 6) is 0.613. The van der Waals surface area contributed by atoms with Gasteiger partial charge in [0.1, 0.15) is 5.82 Å². The van der Waals surface area contributed by atoms with E-state index in [0.29, 0.717) is 0 Å². The highest BCUT2D eigenvalue weighted by Crippen LogP contribution is 2.12. The first-order valence-electron chi connectivity index (χ1n) is 9.43. The van der Waals surface area contributed by atoms with Gasteiger partial charge in [0.05, 0.1) is 17.4 Å². The molecule has 2 aromatic carbocycles. The van der Waals surface area contributed by atoms with E-state index in [2.05, 4.69) is 38.2 Å². The Balaban J connectivity index is 0.00000280. The zero-order valence-corrected chi connectivity index (χ0v) is 18.4. The Hall–Kier alpha value is -2.16. The van der Waals surface area contributed by atoms with Crippen LogP contribution in [0.2, 0.25) is 0 Å². The molecule has 0 spiro atoms. The Morgan fingerprint density at radius 2 is 1.89 bits per heavy atom. The number of guanidine groups is 1. The van der Waals surface area contributed by atoms with Crippen molar-refractivity contribution in [2.75, 3.05) is 19.6 Å². The molecule has 150 valence electrons. The van der Waals surface area contributed by atoms with Gasteiger partial charge in [0.15, 0.2) is 5.96 Å². The van der Waals surface area contributed by atoms with E-state index in [1.807, 2.05) is 36.7 Å². The summed E-state index contributed by atoms with van der Waals surface area (Å²) in [5.41, 5.74) is 3.29. The van der Waals surface area contributed by atoms with Gasteiger partial charge in [-0.15, -0.1) is 24.0 Å². The van der Waals surface area contributed by atoms with Crippen LogP contribution in [-0.4, -0.2) is 35.1 Å². The molecule has 0 bridgehead atoms. The number of hydrogen-bond donors (Lipinski definition) is 2. The summed E-state index contributed by atoms with van der Waals surface area (Å²) in [6, 6.07) is 14.8. The summed E-state index contributed by atoms with van der Waals surface area (Å²) < 4.78 is 15.1. The summed E-state index contributed by atoms with van der Waals surface area (Å²) in [5, 5.41) is 6.59. The highest BCUT2D eigenvalue weighted by molar-refractivity contribution is 14.0. The van der Waals surface area contributed by atoms with Crippen LogP contribution in [0.5, 0.6) is 0 Å². The summed E-state index contributed by atoms with van der Waals surface area (Å²) in [7, 11) is 0. The third kappa shape index (κ3) is 6.47. The van der Waals surface area contributed by atoms with Crippen molar-refractivity contribution in [1.82, 2.24) is 20.2 Å². The number of para-hydroxylation sites is 2. The first kappa shape index (κ1) is 22.1. The number of hydrogen-bond acceptors (Lipinski definition) is 2. The van der Waals surface area contributed by atoms with Gasteiger partial charge in [0, 0.05) is 26.2 Å². The fourth-order valence-electron chi connectivity index (χ4n) is 2.94. The molecule has 3 rings (SSSR count). The molecular formula is C21H27FIN5. The van der Waals surface area contributed by atoms with E-state index in [1.54, 1.807) is 0 Å². The van der Waals surface area contributed by atoms with Gasteiger partial charge >= 0.3 is 0 Å². The van der Waals surface area contributed by atoms with E-state index in [4.69, 9.17) is 0 Å². The smallest absolute Gasteiger partial charge is 0.191 e. The molecule has 0 aliphatic heterocycles. The minimum absolute atomic E-state index is 0. The second-order valence-corrected chi connectivity index (χ2v) is 6.34. The van der Waals surface area contributed by atoms with E-state index in [-0.39, 0.29) is 29.8 Å². The maximum absolute atomic E-state index is 12.9. The highest BCUT2D eigenvalue weighted by atomic mass is 127. The number of aryl methyl sites for hydroxylation is 1. The van der Waals surface area contributed by atoms with Gasteiger partial charge in [-0.2, -0.15) is 0 Å². The molecule has 1 heterocycles. The lowest BCUT2D eigenvalue weighted by Gasteiger charge is -2.11. The van der Waals surface area contributed by atoms with Crippen LogP contribution in [0.15, 0.2) is 59.9 Å². The minimum atomic E-state index is -0.202. The number of aromatic nitrogens is 2. The Morgan fingerprint density at radius 1 is 1.11 bits per heavy atom. The van der Waals surface area contributed by atoms with Crippen LogP contribution in [0.4, 0.5) is 4.39 Å². The Labute approximate surface area is 182 Å². The SMILES string of the molecule is CCNC(=NCCCn1cnc2ccccc21)NCCc1ccc(F)cc1.I. The second-order valence-electron chi connectivity index (χ2n) is 6.34. The number of benzene rings is 2. The summed E-state index contributed by atoms with van der Waals surface area (Å²) in [6.07, 6.45) is 3.65. The van der Waals surface area contributed by atoms with Gasteiger partial charge in [-0.25, -0.2) is 9.37 Å². The van der Waals surface area contributed by atoms with Gasteiger partial charge in [-0.3, -0.25) is 4.99 Å². The van der Waals surface area contributed by atoms with Crippen LogP contribution < -0.4 is 10.6 Å². The lowest BCUT2D eigenvalue weighted by atomic mass is 10.1. The average molecular weight is 495 g/mol. The lowest BCUT2D eigenvalue weighted by Crippen LogP contribution is -2.38. The van der Waals surface area contributed by atoms with Crippen molar-refractivity contribution >= 4 is 41.0 Å². The fourth-order valence-corrected chi connectivity index (χ4v) is 2.94. The average Bonchev–Trinajstić information content (AvgIpc) is 3.10. The Bertz CT molecular complexity index is 876. The molecule has 28 heavy (non-hydrogen) atoms. The molecule has 0 atom stereocenters. The predicted molar refractivity (Wildman–Crippen MR) is 124 cm³/mol. The van der Waals surface area contributed by atoms with E-state index in [0.717, 1.165) is 61.6 Å². The van der Waals surface area contributed by atoms with Crippen molar-refractivity contribution in [1.29, 1.82) is 0 Å². The molecule has 2 N–H and O–H groups in total. The molecular weight excluding hydrogens is 468 g/mol. The molecule has 0 amide bonds. The molecule has 0 saturated heterocycles. The van der Waals surface area contributed by atoms with Crippen molar-refractivity contribution in [3.63, 3.8) is 0 Å². The third-order valence-electron chi connectivity index (χ3n) is 4.32. The second kappa shape index (κ2) is 11.6. The zero-order valence-electron chi connectivity index (χ0n) is 16.1. The Kier molecular flexibility index (Phi) is 9.19. The number of rotatable bonds is 8. The van der Waals surface area contributed by atoms with Crippen LogP contribution >= 0.6 is 24.0 Å². The monoisotopic (exact) mass is 495 g/mol. The molecule has 0 saturated carbocycles. The highest BCUT2D eigenvalue weighted by Gasteiger charge is 2.01. The molecule has 0 fully saturated rings. The predicted octanol–water partition coefficient (Wildman–Crippen LogP) is 3.98. The van der Waals surface area contributed by atoms with Gasteiger partial charge in [-0.1, -0.05) is 24.3 Å². The van der Waals surface area contributed by atoms with Crippen LogP contribution in [-0.2, 0) is 13.0 Å². The zero-order chi connectivity index (χ0) is 18.9. The Morgan fingerprint density at radius 3 is 2.68 bits per heavy atom. The van der Waals surface area contributed by atoms with Crippen molar-refractivity contribution in [3.8, 4) is 0 Å². The number of nitrogens with one attached hydrogen (secondary N) is 2. The third-order valence-corrected chi connectivity index (χ3v) is 4.32. The summed E-state index contributed by atoms with van der Waals surface area (Å²) in [6.45, 7) is 5.24.